The van der Waals surface area contributed by atoms with Gasteiger partial charge in [-0.1, -0.05) is 18.2 Å². The molecule has 0 aliphatic carbocycles. The molecule has 1 amide bonds. The lowest BCUT2D eigenvalue weighted by Crippen LogP contribution is -2.42. The SMILES string of the molecule is CC(C)N(C)CCNC(=O)[C@@H]1Cc2ccccc2N1. The second kappa shape index (κ2) is 6.06. The molecule has 0 aromatic heterocycles. The molecule has 0 saturated heterocycles. The van der Waals surface area contributed by atoms with Crippen molar-refractivity contribution in [2.24, 2.45) is 0 Å². The zero-order valence-corrected chi connectivity index (χ0v) is 11.9. The van der Waals surface area contributed by atoms with E-state index in [9.17, 15) is 4.79 Å². The first-order valence-corrected chi connectivity index (χ1v) is 6.90. The monoisotopic (exact) mass is 261 g/mol. The molecule has 1 aromatic carbocycles. The fourth-order valence-corrected chi connectivity index (χ4v) is 2.19. The number of anilines is 1. The van der Waals surface area contributed by atoms with E-state index < -0.39 is 0 Å². The molecule has 1 heterocycles. The van der Waals surface area contributed by atoms with Crippen LogP contribution >= 0.6 is 0 Å². The summed E-state index contributed by atoms with van der Waals surface area (Å²) >= 11 is 0. The summed E-state index contributed by atoms with van der Waals surface area (Å²) in [6.07, 6.45) is 0.780. The van der Waals surface area contributed by atoms with Crippen molar-refractivity contribution in [3.63, 3.8) is 0 Å². The number of fused-ring (bicyclic) bond motifs is 1. The number of benzene rings is 1. The van der Waals surface area contributed by atoms with E-state index in [1.165, 1.54) is 5.56 Å². The molecule has 0 bridgehead atoms. The molecule has 0 spiro atoms. The van der Waals surface area contributed by atoms with Gasteiger partial charge in [-0.3, -0.25) is 4.79 Å². The molecular formula is C15H23N3O. The summed E-state index contributed by atoms with van der Waals surface area (Å²) < 4.78 is 0. The van der Waals surface area contributed by atoms with Gasteiger partial charge in [0.2, 0.25) is 5.91 Å². The molecule has 1 aliphatic rings. The lowest BCUT2D eigenvalue weighted by Gasteiger charge is -2.21. The molecule has 1 aromatic rings. The predicted octanol–water partition coefficient (Wildman–Crippen LogP) is 1.48. The summed E-state index contributed by atoms with van der Waals surface area (Å²) in [6, 6.07) is 8.48. The molecule has 2 N–H and O–H groups in total. The maximum atomic E-state index is 12.1. The van der Waals surface area contributed by atoms with E-state index in [-0.39, 0.29) is 11.9 Å². The van der Waals surface area contributed by atoms with Gasteiger partial charge in [0, 0.05) is 31.2 Å². The van der Waals surface area contributed by atoms with E-state index in [1.807, 2.05) is 18.2 Å². The van der Waals surface area contributed by atoms with Crippen molar-refractivity contribution in [1.82, 2.24) is 10.2 Å². The number of carbonyl (C=O) groups is 1. The van der Waals surface area contributed by atoms with Crippen LogP contribution in [0.5, 0.6) is 0 Å². The Bertz CT molecular complexity index is 420. The van der Waals surface area contributed by atoms with Crippen LogP contribution in [0.25, 0.3) is 0 Å². The minimum atomic E-state index is -0.123. The Morgan fingerprint density at radius 2 is 2.21 bits per heavy atom. The standard InChI is InChI=1S/C15H23N3O/c1-11(2)18(3)9-8-16-15(19)14-10-12-6-4-5-7-13(12)17-14/h4-7,11,14,17H,8-10H2,1-3H3,(H,16,19)/t14-/m0/s1. The fourth-order valence-electron chi connectivity index (χ4n) is 2.19. The van der Waals surface area contributed by atoms with E-state index in [2.05, 4.69) is 42.5 Å². The van der Waals surface area contributed by atoms with E-state index >= 15 is 0 Å². The van der Waals surface area contributed by atoms with Gasteiger partial charge in [-0.2, -0.15) is 0 Å². The summed E-state index contributed by atoms with van der Waals surface area (Å²) in [5.74, 6) is 0.0911. The van der Waals surface area contributed by atoms with E-state index in [0.29, 0.717) is 12.6 Å². The Morgan fingerprint density at radius 1 is 1.47 bits per heavy atom. The fraction of sp³-hybridized carbons (Fsp3) is 0.533. The molecule has 1 atom stereocenters. The van der Waals surface area contributed by atoms with Gasteiger partial charge >= 0.3 is 0 Å². The number of carbonyl (C=O) groups excluding carboxylic acids is 1. The first-order valence-electron chi connectivity index (χ1n) is 6.90. The number of nitrogens with zero attached hydrogens (tertiary/aromatic N) is 1. The maximum Gasteiger partial charge on any atom is 0.242 e. The summed E-state index contributed by atoms with van der Waals surface area (Å²) in [7, 11) is 2.07. The molecule has 0 fully saturated rings. The molecule has 4 heteroatoms. The number of para-hydroxylation sites is 1. The topological polar surface area (TPSA) is 44.4 Å². The Morgan fingerprint density at radius 3 is 2.89 bits per heavy atom. The van der Waals surface area contributed by atoms with Crippen LogP contribution in [-0.4, -0.2) is 43.0 Å². The zero-order valence-electron chi connectivity index (χ0n) is 11.9. The van der Waals surface area contributed by atoms with Crippen molar-refractivity contribution in [3.8, 4) is 0 Å². The van der Waals surface area contributed by atoms with E-state index in [4.69, 9.17) is 0 Å². The van der Waals surface area contributed by atoms with Crippen LogP contribution in [0.3, 0.4) is 0 Å². The van der Waals surface area contributed by atoms with Crippen LogP contribution in [0.1, 0.15) is 19.4 Å². The van der Waals surface area contributed by atoms with Gasteiger partial charge in [0.25, 0.3) is 0 Å². The molecule has 0 saturated carbocycles. The molecular weight excluding hydrogens is 238 g/mol. The first-order chi connectivity index (χ1) is 9.08. The highest BCUT2D eigenvalue weighted by molar-refractivity contribution is 5.87. The number of hydrogen-bond acceptors (Lipinski definition) is 3. The summed E-state index contributed by atoms with van der Waals surface area (Å²) in [5, 5.41) is 6.27. The van der Waals surface area contributed by atoms with Crippen molar-refractivity contribution in [2.45, 2.75) is 32.4 Å². The number of rotatable bonds is 5. The van der Waals surface area contributed by atoms with Gasteiger partial charge < -0.3 is 15.5 Å². The zero-order chi connectivity index (χ0) is 13.8. The number of amides is 1. The Balaban J connectivity index is 1.77. The van der Waals surface area contributed by atoms with Crippen LogP contribution in [0, 0.1) is 0 Å². The van der Waals surface area contributed by atoms with E-state index in [1.54, 1.807) is 0 Å². The molecule has 19 heavy (non-hydrogen) atoms. The van der Waals surface area contributed by atoms with Gasteiger partial charge in [0.05, 0.1) is 0 Å². The summed E-state index contributed by atoms with van der Waals surface area (Å²) in [5.41, 5.74) is 2.31. The van der Waals surface area contributed by atoms with Crippen molar-refractivity contribution in [1.29, 1.82) is 0 Å². The second-order valence-electron chi connectivity index (χ2n) is 5.42. The summed E-state index contributed by atoms with van der Waals surface area (Å²) in [6.45, 7) is 5.87. The van der Waals surface area contributed by atoms with Gasteiger partial charge in [0.15, 0.2) is 0 Å². The quantitative estimate of drug-likeness (QED) is 0.844. The molecule has 1 aliphatic heterocycles. The van der Waals surface area contributed by atoms with Crippen LogP contribution in [0.15, 0.2) is 24.3 Å². The Hall–Kier alpha value is -1.55. The highest BCUT2D eigenvalue weighted by Crippen LogP contribution is 2.24. The normalized spacial score (nSPS) is 17.4. The van der Waals surface area contributed by atoms with Crippen molar-refractivity contribution >= 4 is 11.6 Å². The lowest BCUT2D eigenvalue weighted by atomic mass is 10.1. The van der Waals surface area contributed by atoms with Crippen molar-refractivity contribution < 1.29 is 4.79 Å². The first kappa shape index (κ1) is 13.9. The van der Waals surface area contributed by atoms with Gasteiger partial charge in [-0.25, -0.2) is 0 Å². The highest BCUT2D eigenvalue weighted by Gasteiger charge is 2.25. The van der Waals surface area contributed by atoms with Gasteiger partial charge in [-0.15, -0.1) is 0 Å². The Labute approximate surface area is 115 Å². The third-order valence-corrected chi connectivity index (χ3v) is 3.73. The minimum absolute atomic E-state index is 0.0911. The molecule has 2 rings (SSSR count). The smallest absolute Gasteiger partial charge is 0.242 e. The van der Waals surface area contributed by atoms with Crippen LogP contribution in [0.2, 0.25) is 0 Å². The van der Waals surface area contributed by atoms with Crippen molar-refractivity contribution in [2.75, 3.05) is 25.5 Å². The highest BCUT2D eigenvalue weighted by atomic mass is 16.2. The second-order valence-corrected chi connectivity index (χ2v) is 5.42. The van der Waals surface area contributed by atoms with Gasteiger partial charge in [-0.05, 0) is 32.5 Å². The van der Waals surface area contributed by atoms with E-state index in [0.717, 1.165) is 18.7 Å². The Kier molecular flexibility index (Phi) is 4.43. The average molecular weight is 261 g/mol. The van der Waals surface area contributed by atoms with Crippen LogP contribution in [0.4, 0.5) is 5.69 Å². The van der Waals surface area contributed by atoms with Gasteiger partial charge in [0.1, 0.15) is 6.04 Å². The number of nitrogens with one attached hydrogen (secondary N) is 2. The number of likely N-dealkylation sites (N-methyl/N-ethyl adjacent to an activating group) is 1. The summed E-state index contributed by atoms with van der Waals surface area (Å²) in [4.78, 5) is 14.3. The van der Waals surface area contributed by atoms with Crippen molar-refractivity contribution in [3.05, 3.63) is 29.8 Å². The maximum absolute atomic E-state index is 12.1. The minimum Gasteiger partial charge on any atom is -0.373 e. The van der Waals surface area contributed by atoms with Crippen LogP contribution < -0.4 is 10.6 Å². The molecule has 104 valence electrons. The van der Waals surface area contributed by atoms with Crippen LogP contribution in [-0.2, 0) is 11.2 Å². The molecule has 4 nitrogen and oxygen atoms in total. The third-order valence-electron chi connectivity index (χ3n) is 3.73. The third kappa shape index (κ3) is 3.47. The molecule has 0 unspecified atom stereocenters. The number of hydrogen-bond donors (Lipinski definition) is 2. The predicted molar refractivity (Wildman–Crippen MR) is 78.3 cm³/mol. The lowest BCUT2D eigenvalue weighted by molar-refractivity contribution is -0.121. The molecule has 0 radical (unpaired) electrons. The average Bonchev–Trinajstić information content (AvgIpc) is 2.82. The largest absolute Gasteiger partial charge is 0.373 e.